The zero-order valence-electron chi connectivity index (χ0n) is 20.1. The summed E-state index contributed by atoms with van der Waals surface area (Å²) >= 11 is 0. The lowest BCUT2D eigenvalue weighted by Gasteiger charge is -2.20. The maximum atomic E-state index is 12.0. The fourth-order valence-electron chi connectivity index (χ4n) is 4.16. The fraction of sp³-hybridized carbons (Fsp3) is 0.962. The molecule has 0 saturated carbocycles. The van der Waals surface area contributed by atoms with Crippen LogP contribution >= 0.6 is 0 Å². The van der Waals surface area contributed by atoms with E-state index < -0.39 is 6.10 Å². The summed E-state index contributed by atoms with van der Waals surface area (Å²) in [6.45, 7) is 4.46. The molecule has 3 nitrogen and oxygen atoms in total. The van der Waals surface area contributed by atoms with Gasteiger partial charge in [-0.15, -0.1) is 0 Å². The van der Waals surface area contributed by atoms with E-state index in [-0.39, 0.29) is 11.9 Å². The maximum Gasteiger partial charge on any atom is 0.311 e. The molecule has 0 fully saturated rings. The third-order valence-corrected chi connectivity index (χ3v) is 6.19. The molecule has 0 aromatic carbocycles. The fourth-order valence-corrected chi connectivity index (χ4v) is 4.16. The maximum absolute atomic E-state index is 12.0. The molecule has 2 atom stereocenters. The first-order valence-electron chi connectivity index (χ1n) is 12.9. The lowest BCUT2D eigenvalue weighted by atomic mass is 9.91. The highest BCUT2D eigenvalue weighted by Crippen LogP contribution is 2.21. The van der Waals surface area contributed by atoms with Crippen molar-refractivity contribution < 1.29 is 14.6 Å². The van der Waals surface area contributed by atoms with Crippen LogP contribution in [0.25, 0.3) is 0 Å². The summed E-state index contributed by atoms with van der Waals surface area (Å²) in [5.74, 6) is -0.568. The van der Waals surface area contributed by atoms with Crippen molar-refractivity contribution >= 4 is 5.97 Å². The SMILES string of the molecule is CCCCCCCCCCCCCCCC[C@@H](C(=O)OC)[C@H](O)CCCCCC. The second-order valence-corrected chi connectivity index (χ2v) is 8.93. The van der Waals surface area contributed by atoms with Gasteiger partial charge < -0.3 is 9.84 Å². The molecular formula is C26H52O3. The van der Waals surface area contributed by atoms with Crippen LogP contribution in [0.15, 0.2) is 0 Å². The van der Waals surface area contributed by atoms with Gasteiger partial charge in [-0.2, -0.15) is 0 Å². The molecule has 3 heteroatoms. The minimum Gasteiger partial charge on any atom is -0.469 e. The summed E-state index contributed by atoms with van der Waals surface area (Å²) in [6.07, 6.45) is 24.1. The van der Waals surface area contributed by atoms with Gasteiger partial charge >= 0.3 is 5.97 Å². The Morgan fingerprint density at radius 1 is 0.621 bits per heavy atom. The number of esters is 1. The van der Waals surface area contributed by atoms with Gasteiger partial charge in [0.25, 0.3) is 0 Å². The van der Waals surface area contributed by atoms with Gasteiger partial charge in [0, 0.05) is 0 Å². The number of carbonyl (C=O) groups excluding carboxylic acids is 1. The Morgan fingerprint density at radius 3 is 1.38 bits per heavy atom. The van der Waals surface area contributed by atoms with Crippen molar-refractivity contribution in [3.05, 3.63) is 0 Å². The number of hydrogen-bond acceptors (Lipinski definition) is 3. The summed E-state index contributed by atoms with van der Waals surface area (Å²) in [6, 6.07) is 0. The average molecular weight is 413 g/mol. The number of hydrogen-bond donors (Lipinski definition) is 1. The Morgan fingerprint density at radius 2 is 0.966 bits per heavy atom. The topological polar surface area (TPSA) is 46.5 Å². The van der Waals surface area contributed by atoms with Gasteiger partial charge in [0.2, 0.25) is 0 Å². The summed E-state index contributed by atoms with van der Waals surface area (Å²) < 4.78 is 4.93. The summed E-state index contributed by atoms with van der Waals surface area (Å²) in [7, 11) is 1.43. The second kappa shape index (κ2) is 22.1. The van der Waals surface area contributed by atoms with E-state index in [1.807, 2.05) is 0 Å². The van der Waals surface area contributed by atoms with Gasteiger partial charge in [-0.05, 0) is 12.8 Å². The molecule has 1 N–H and O–H groups in total. The Kier molecular flexibility index (Phi) is 21.7. The van der Waals surface area contributed by atoms with Gasteiger partial charge in [0.15, 0.2) is 0 Å². The normalized spacial score (nSPS) is 13.4. The Bertz CT molecular complexity index is 343. The van der Waals surface area contributed by atoms with Crippen molar-refractivity contribution in [2.24, 2.45) is 5.92 Å². The molecule has 174 valence electrons. The van der Waals surface area contributed by atoms with E-state index >= 15 is 0 Å². The van der Waals surface area contributed by atoms with Crippen LogP contribution < -0.4 is 0 Å². The van der Waals surface area contributed by atoms with Crippen molar-refractivity contribution in [3.8, 4) is 0 Å². The first kappa shape index (κ1) is 28.4. The van der Waals surface area contributed by atoms with Gasteiger partial charge in [0.05, 0.1) is 19.1 Å². The van der Waals surface area contributed by atoms with Gasteiger partial charge in [0.1, 0.15) is 0 Å². The quantitative estimate of drug-likeness (QED) is 0.145. The smallest absolute Gasteiger partial charge is 0.311 e. The van der Waals surface area contributed by atoms with Crippen molar-refractivity contribution in [1.29, 1.82) is 0 Å². The third-order valence-electron chi connectivity index (χ3n) is 6.19. The summed E-state index contributed by atoms with van der Waals surface area (Å²) in [5, 5.41) is 10.4. The van der Waals surface area contributed by atoms with Crippen LogP contribution in [0, 0.1) is 5.92 Å². The molecule has 0 bridgehead atoms. The van der Waals surface area contributed by atoms with E-state index in [9.17, 15) is 9.90 Å². The third kappa shape index (κ3) is 18.0. The highest BCUT2D eigenvalue weighted by atomic mass is 16.5. The Balaban J connectivity index is 3.63. The zero-order valence-corrected chi connectivity index (χ0v) is 20.1. The minimum absolute atomic E-state index is 0.234. The van der Waals surface area contributed by atoms with E-state index in [0.717, 1.165) is 38.5 Å². The number of methoxy groups -OCH3 is 1. The van der Waals surface area contributed by atoms with E-state index in [0.29, 0.717) is 0 Å². The highest BCUT2D eigenvalue weighted by molar-refractivity contribution is 5.72. The van der Waals surface area contributed by atoms with Crippen LogP contribution in [0.2, 0.25) is 0 Å². The van der Waals surface area contributed by atoms with Crippen LogP contribution in [-0.2, 0) is 9.53 Å². The average Bonchev–Trinajstić information content (AvgIpc) is 2.73. The number of ether oxygens (including phenoxy) is 1. The monoisotopic (exact) mass is 412 g/mol. The van der Waals surface area contributed by atoms with E-state index in [2.05, 4.69) is 13.8 Å². The van der Waals surface area contributed by atoms with Crippen LogP contribution in [0.3, 0.4) is 0 Å². The lowest BCUT2D eigenvalue weighted by molar-refractivity contribution is -0.150. The molecular weight excluding hydrogens is 360 g/mol. The van der Waals surface area contributed by atoms with E-state index in [1.54, 1.807) is 0 Å². The van der Waals surface area contributed by atoms with Crippen LogP contribution in [0.1, 0.15) is 142 Å². The molecule has 0 aliphatic carbocycles. The zero-order chi connectivity index (χ0) is 21.6. The predicted octanol–water partition coefficient (Wildman–Crippen LogP) is 7.98. The summed E-state index contributed by atoms with van der Waals surface area (Å²) in [4.78, 5) is 12.0. The largest absolute Gasteiger partial charge is 0.469 e. The molecule has 0 radical (unpaired) electrons. The number of carbonyl (C=O) groups is 1. The molecule has 0 heterocycles. The van der Waals surface area contributed by atoms with E-state index in [1.165, 1.54) is 97.0 Å². The number of aliphatic hydroxyl groups is 1. The van der Waals surface area contributed by atoms with Gasteiger partial charge in [-0.25, -0.2) is 0 Å². The van der Waals surface area contributed by atoms with Crippen molar-refractivity contribution in [2.75, 3.05) is 7.11 Å². The molecule has 0 aromatic rings. The molecule has 0 aliphatic heterocycles. The van der Waals surface area contributed by atoms with Crippen molar-refractivity contribution in [3.63, 3.8) is 0 Å². The van der Waals surface area contributed by atoms with Gasteiger partial charge in [-0.1, -0.05) is 129 Å². The molecule has 0 spiro atoms. The van der Waals surface area contributed by atoms with Gasteiger partial charge in [-0.3, -0.25) is 4.79 Å². The molecule has 0 amide bonds. The number of aliphatic hydroxyl groups excluding tert-OH is 1. The van der Waals surface area contributed by atoms with Crippen LogP contribution in [0.5, 0.6) is 0 Å². The molecule has 0 aliphatic rings. The standard InChI is InChI=1S/C26H52O3/c1-4-6-8-10-11-12-13-14-15-16-17-18-19-20-22-24(26(28)29-3)25(27)23-21-9-7-5-2/h24-25,27H,4-23H2,1-3H3/t24-,25-/m1/s1. The number of unbranched alkanes of at least 4 members (excludes halogenated alkanes) is 16. The lowest BCUT2D eigenvalue weighted by Crippen LogP contribution is -2.29. The summed E-state index contributed by atoms with van der Waals surface area (Å²) in [5.41, 5.74) is 0. The van der Waals surface area contributed by atoms with E-state index in [4.69, 9.17) is 4.74 Å². The predicted molar refractivity (Wildman–Crippen MR) is 125 cm³/mol. The highest BCUT2D eigenvalue weighted by Gasteiger charge is 2.26. The van der Waals surface area contributed by atoms with Crippen LogP contribution in [-0.4, -0.2) is 24.3 Å². The molecule has 0 unspecified atom stereocenters. The Labute approximate surface area is 182 Å². The molecule has 0 rings (SSSR count). The van der Waals surface area contributed by atoms with Crippen molar-refractivity contribution in [1.82, 2.24) is 0 Å². The second-order valence-electron chi connectivity index (χ2n) is 8.93. The first-order chi connectivity index (χ1) is 14.2. The molecule has 0 saturated heterocycles. The number of rotatable bonds is 22. The molecule has 0 aromatic heterocycles. The Hall–Kier alpha value is -0.570. The molecule has 29 heavy (non-hydrogen) atoms. The van der Waals surface area contributed by atoms with Crippen LogP contribution in [0.4, 0.5) is 0 Å². The first-order valence-corrected chi connectivity index (χ1v) is 12.9. The minimum atomic E-state index is -0.540. The van der Waals surface area contributed by atoms with Crippen molar-refractivity contribution in [2.45, 2.75) is 148 Å².